The largest absolute Gasteiger partial charge is 0.444 e. The number of ether oxygens (including phenoxy) is 3. The predicted molar refractivity (Wildman–Crippen MR) is 143 cm³/mol. The highest BCUT2D eigenvalue weighted by molar-refractivity contribution is 6.31. The van der Waals surface area contributed by atoms with Crippen molar-refractivity contribution in [2.24, 2.45) is 0 Å². The highest BCUT2D eigenvalue weighted by Gasteiger charge is 2.50. The molecule has 0 saturated carbocycles. The van der Waals surface area contributed by atoms with Gasteiger partial charge in [-0.25, -0.2) is 4.79 Å². The molecular formula is C29H31ClN2O5. The van der Waals surface area contributed by atoms with Crippen LogP contribution < -0.4 is 19.7 Å². The second kappa shape index (κ2) is 10.7. The number of hydrogen-bond acceptors (Lipinski definition) is 5. The maximum Gasteiger partial charge on any atom is 0.407 e. The number of carbonyl (C=O) groups is 2. The van der Waals surface area contributed by atoms with Crippen LogP contribution in [0.1, 0.15) is 45.2 Å². The number of alkyl carbamates (subject to hydrolysis) is 1. The molecule has 0 aliphatic carbocycles. The zero-order valence-electron chi connectivity index (χ0n) is 21.4. The number of rotatable bonds is 7. The molecule has 1 N–H and O–H groups in total. The fraction of sp³-hybridized carbons (Fsp3) is 0.310. The molecule has 1 unspecified atom stereocenters. The summed E-state index contributed by atoms with van der Waals surface area (Å²) < 4.78 is 17.8. The first-order chi connectivity index (χ1) is 17.6. The number of halogens is 1. The molecule has 0 saturated heterocycles. The van der Waals surface area contributed by atoms with Crippen molar-refractivity contribution in [2.75, 3.05) is 4.90 Å². The van der Waals surface area contributed by atoms with Crippen LogP contribution in [0.25, 0.3) is 0 Å². The van der Waals surface area contributed by atoms with E-state index in [0.717, 1.165) is 11.1 Å². The summed E-state index contributed by atoms with van der Waals surface area (Å²) in [5.74, 6) is -0.923. The molecule has 0 aromatic heterocycles. The van der Waals surface area contributed by atoms with Crippen molar-refractivity contribution < 1.29 is 23.8 Å². The number of para-hydroxylation sites is 2. The number of amides is 2. The Morgan fingerprint density at radius 2 is 1.78 bits per heavy atom. The van der Waals surface area contributed by atoms with Gasteiger partial charge in [-0.05, 0) is 62.2 Å². The Bertz CT molecular complexity index is 1290. The molecule has 0 bridgehead atoms. The second-order valence-corrected chi connectivity index (χ2v) is 10.2. The fourth-order valence-corrected chi connectivity index (χ4v) is 4.21. The predicted octanol–water partition coefficient (Wildman–Crippen LogP) is 6.48. The minimum absolute atomic E-state index is 0.238. The van der Waals surface area contributed by atoms with Gasteiger partial charge in [0.2, 0.25) is 0 Å². The van der Waals surface area contributed by atoms with Crippen LogP contribution in [0.2, 0.25) is 5.02 Å². The van der Waals surface area contributed by atoms with Crippen LogP contribution in [0.3, 0.4) is 0 Å². The van der Waals surface area contributed by atoms with Gasteiger partial charge in [0.25, 0.3) is 0 Å². The van der Waals surface area contributed by atoms with E-state index >= 15 is 0 Å². The number of anilines is 1. The van der Waals surface area contributed by atoms with Gasteiger partial charge in [0.15, 0.2) is 0 Å². The molecule has 4 rings (SSSR count). The molecule has 7 nitrogen and oxygen atoms in total. The standard InChI is InChI=1S/C29H31ClN2O5/c1-5-29(35-22-13-10-11-20(17-22)18-31-27(34)37-28(2,3)4)26(33)32(19-21-12-6-7-14-23(21)30)24-15-8-9-16-25(24)36-29/h6-17H,5,18-19H2,1-4H3,(H,31,34). The highest BCUT2D eigenvalue weighted by Crippen LogP contribution is 2.41. The highest BCUT2D eigenvalue weighted by atomic mass is 35.5. The fourth-order valence-electron chi connectivity index (χ4n) is 4.01. The zero-order chi connectivity index (χ0) is 26.6. The lowest BCUT2D eigenvalue weighted by Crippen LogP contribution is -2.59. The van der Waals surface area contributed by atoms with Crippen molar-refractivity contribution >= 4 is 29.3 Å². The number of hydrogen-bond donors (Lipinski definition) is 1. The third kappa shape index (κ3) is 6.17. The summed E-state index contributed by atoms with van der Waals surface area (Å²) in [5.41, 5.74) is 1.66. The number of nitrogens with zero attached hydrogens (tertiary/aromatic N) is 1. The Kier molecular flexibility index (Phi) is 7.64. The minimum atomic E-state index is -1.58. The summed E-state index contributed by atoms with van der Waals surface area (Å²) in [6, 6.07) is 22.0. The Labute approximate surface area is 222 Å². The van der Waals surface area contributed by atoms with Gasteiger partial charge in [0, 0.05) is 18.0 Å². The molecule has 1 atom stereocenters. The number of carbonyl (C=O) groups excluding carboxylic acids is 2. The average Bonchev–Trinajstić information content (AvgIpc) is 2.85. The van der Waals surface area contributed by atoms with E-state index in [-0.39, 0.29) is 25.4 Å². The van der Waals surface area contributed by atoms with Crippen LogP contribution in [-0.4, -0.2) is 23.4 Å². The van der Waals surface area contributed by atoms with Crippen molar-refractivity contribution in [3.63, 3.8) is 0 Å². The van der Waals surface area contributed by atoms with Gasteiger partial charge in [0.05, 0.1) is 12.2 Å². The molecule has 1 heterocycles. The van der Waals surface area contributed by atoms with E-state index in [9.17, 15) is 9.59 Å². The number of nitrogens with one attached hydrogen (secondary N) is 1. The summed E-state index contributed by atoms with van der Waals surface area (Å²) in [7, 11) is 0. The molecule has 1 aliphatic rings. The van der Waals surface area contributed by atoms with Gasteiger partial charge >= 0.3 is 17.8 Å². The van der Waals surface area contributed by atoms with E-state index in [1.165, 1.54) is 0 Å². The van der Waals surface area contributed by atoms with Crippen LogP contribution in [-0.2, 0) is 22.6 Å². The van der Waals surface area contributed by atoms with Crippen molar-refractivity contribution in [2.45, 2.75) is 58.6 Å². The van der Waals surface area contributed by atoms with Crippen LogP contribution in [0.4, 0.5) is 10.5 Å². The quantitative estimate of drug-likeness (QED) is 0.384. The van der Waals surface area contributed by atoms with Gasteiger partial charge in [-0.2, -0.15) is 0 Å². The lowest BCUT2D eigenvalue weighted by molar-refractivity contribution is -0.167. The molecule has 194 valence electrons. The molecule has 37 heavy (non-hydrogen) atoms. The maximum atomic E-state index is 14.0. The van der Waals surface area contributed by atoms with Crippen LogP contribution in [0, 0.1) is 0 Å². The molecule has 8 heteroatoms. The Morgan fingerprint density at radius 1 is 1.05 bits per heavy atom. The Hall–Kier alpha value is -3.71. The van der Waals surface area contributed by atoms with Gasteiger partial charge in [-0.15, -0.1) is 0 Å². The zero-order valence-corrected chi connectivity index (χ0v) is 22.2. The summed E-state index contributed by atoms with van der Waals surface area (Å²) in [6.07, 6.45) is -0.249. The SMILES string of the molecule is CCC1(Oc2cccc(CNC(=O)OC(C)(C)C)c2)Oc2ccccc2N(Cc2ccccc2Cl)C1=O. The van der Waals surface area contributed by atoms with Crippen LogP contribution in [0.5, 0.6) is 11.5 Å². The van der Waals surface area contributed by atoms with Crippen molar-refractivity contribution in [3.05, 3.63) is 88.9 Å². The maximum absolute atomic E-state index is 14.0. The van der Waals surface area contributed by atoms with E-state index < -0.39 is 17.5 Å². The van der Waals surface area contributed by atoms with E-state index in [2.05, 4.69) is 5.32 Å². The van der Waals surface area contributed by atoms with Crippen LogP contribution in [0.15, 0.2) is 72.8 Å². The summed E-state index contributed by atoms with van der Waals surface area (Å²) >= 11 is 6.42. The smallest absolute Gasteiger partial charge is 0.407 e. The monoisotopic (exact) mass is 522 g/mol. The first-order valence-electron chi connectivity index (χ1n) is 12.2. The Morgan fingerprint density at radius 3 is 2.51 bits per heavy atom. The third-order valence-electron chi connectivity index (χ3n) is 5.77. The molecular weight excluding hydrogens is 492 g/mol. The molecule has 3 aromatic rings. The molecule has 0 fully saturated rings. The van der Waals surface area contributed by atoms with Crippen molar-refractivity contribution in [1.29, 1.82) is 0 Å². The topological polar surface area (TPSA) is 77.1 Å². The first kappa shape index (κ1) is 26.4. The lowest BCUT2D eigenvalue weighted by Gasteiger charge is -2.41. The van der Waals surface area contributed by atoms with Gasteiger partial charge in [0.1, 0.15) is 17.1 Å². The summed E-state index contributed by atoms with van der Waals surface area (Å²) in [6.45, 7) is 7.76. The first-order valence-corrected chi connectivity index (χ1v) is 12.6. The molecule has 0 spiro atoms. The molecule has 0 radical (unpaired) electrons. The summed E-state index contributed by atoms with van der Waals surface area (Å²) in [4.78, 5) is 27.7. The van der Waals surface area contributed by atoms with Crippen LogP contribution >= 0.6 is 11.6 Å². The van der Waals surface area contributed by atoms with Gasteiger partial charge < -0.3 is 19.5 Å². The van der Waals surface area contributed by atoms with Crippen molar-refractivity contribution in [3.8, 4) is 11.5 Å². The van der Waals surface area contributed by atoms with Gasteiger partial charge in [-0.1, -0.05) is 61.0 Å². The number of fused-ring (bicyclic) bond motifs is 1. The normalized spacial score (nSPS) is 17.0. The van der Waals surface area contributed by atoms with E-state index in [0.29, 0.717) is 22.2 Å². The Balaban J connectivity index is 1.59. The van der Waals surface area contributed by atoms with E-state index in [4.69, 9.17) is 25.8 Å². The van der Waals surface area contributed by atoms with Gasteiger partial charge in [-0.3, -0.25) is 9.69 Å². The molecule has 1 aliphatic heterocycles. The minimum Gasteiger partial charge on any atom is -0.444 e. The van der Waals surface area contributed by atoms with E-state index in [1.54, 1.807) is 49.9 Å². The van der Waals surface area contributed by atoms with E-state index in [1.807, 2.05) is 55.5 Å². The molecule has 3 aromatic carbocycles. The third-order valence-corrected chi connectivity index (χ3v) is 6.14. The van der Waals surface area contributed by atoms with Crippen molar-refractivity contribution in [1.82, 2.24) is 5.32 Å². The number of benzene rings is 3. The average molecular weight is 523 g/mol. The lowest BCUT2D eigenvalue weighted by atomic mass is 10.1. The molecule has 2 amide bonds. The summed E-state index contributed by atoms with van der Waals surface area (Å²) in [5, 5.41) is 3.31. The second-order valence-electron chi connectivity index (χ2n) is 9.76.